The van der Waals surface area contributed by atoms with Crippen molar-refractivity contribution in [1.82, 2.24) is 15.4 Å². The second-order valence-corrected chi connectivity index (χ2v) is 7.05. The molecule has 0 spiro atoms. The predicted octanol–water partition coefficient (Wildman–Crippen LogP) is 2.05. The van der Waals surface area contributed by atoms with Crippen molar-refractivity contribution in [3.8, 4) is 11.5 Å². The molecule has 134 valence electrons. The number of hydrogen-bond acceptors (Lipinski definition) is 9. The van der Waals surface area contributed by atoms with E-state index >= 15 is 0 Å². The van der Waals surface area contributed by atoms with Crippen molar-refractivity contribution in [2.75, 3.05) is 16.8 Å². The average Bonchev–Trinajstić information content (AvgIpc) is 3.24. The molecule has 0 amide bonds. The number of sulfonamides is 1. The summed E-state index contributed by atoms with van der Waals surface area (Å²) in [5.74, 6) is 2.47. The van der Waals surface area contributed by atoms with Crippen LogP contribution < -0.4 is 19.5 Å². The Labute approximate surface area is 148 Å². The Hall–Kier alpha value is -3.34. The summed E-state index contributed by atoms with van der Waals surface area (Å²) >= 11 is 0. The van der Waals surface area contributed by atoms with E-state index in [1.165, 1.54) is 24.3 Å². The van der Waals surface area contributed by atoms with Crippen molar-refractivity contribution in [3.05, 3.63) is 42.2 Å². The molecule has 0 saturated carbocycles. The van der Waals surface area contributed by atoms with Gasteiger partial charge in [0.1, 0.15) is 5.76 Å². The number of nitrogens with one attached hydrogen (secondary N) is 2. The number of aromatic nitrogens is 3. The number of aryl methyl sites for hydroxylation is 1. The summed E-state index contributed by atoms with van der Waals surface area (Å²) < 4.78 is 42.6. The monoisotopic (exact) mass is 375 g/mol. The fourth-order valence-electron chi connectivity index (χ4n) is 2.25. The summed E-state index contributed by atoms with van der Waals surface area (Å²) in [5.41, 5.74) is 0. The first-order valence-electron chi connectivity index (χ1n) is 7.46. The summed E-state index contributed by atoms with van der Waals surface area (Å²) in [6, 6.07) is 9.09. The highest BCUT2D eigenvalue weighted by molar-refractivity contribution is 7.92. The van der Waals surface area contributed by atoms with Gasteiger partial charge in [-0.15, -0.1) is 10.2 Å². The molecule has 1 aliphatic rings. The largest absolute Gasteiger partial charge is 0.454 e. The van der Waals surface area contributed by atoms with Gasteiger partial charge in [-0.1, -0.05) is 5.16 Å². The minimum absolute atomic E-state index is 0.0313. The molecular formula is C15H13N5O5S. The molecule has 0 aliphatic carbocycles. The van der Waals surface area contributed by atoms with Gasteiger partial charge in [-0.2, -0.15) is 0 Å². The van der Waals surface area contributed by atoms with Crippen LogP contribution >= 0.6 is 0 Å². The normalized spacial score (nSPS) is 12.8. The molecule has 3 heterocycles. The number of fused-ring (bicyclic) bond motifs is 1. The van der Waals surface area contributed by atoms with Crippen LogP contribution in [0.3, 0.4) is 0 Å². The van der Waals surface area contributed by atoms with E-state index in [9.17, 15) is 8.42 Å². The summed E-state index contributed by atoms with van der Waals surface area (Å²) in [7, 11) is -3.84. The van der Waals surface area contributed by atoms with Crippen LogP contribution in [0.15, 0.2) is 45.8 Å². The van der Waals surface area contributed by atoms with Gasteiger partial charge in [0.05, 0.1) is 4.90 Å². The molecule has 1 aliphatic heterocycles. The summed E-state index contributed by atoms with van der Waals surface area (Å²) in [4.78, 5) is 0.0313. The molecule has 0 bridgehead atoms. The molecule has 0 atom stereocenters. The molecule has 4 rings (SSSR count). The van der Waals surface area contributed by atoms with Crippen LogP contribution in [0.5, 0.6) is 11.5 Å². The van der Waals surface area contributed by atoms with E-state index < -0.39 is 10.0 Å². The average molecular weight is 375 g/mol. The molecule has 26 heavy (non-hydrogen) atoms. The van der Waals surface area contributed by atoms with Gasteiger partial charge in [0.2, 0.25) is 6.79 Å². The third kappa shape index (κ3) is 3.24. The highest BCUT2D eigenvalue weighted by Gasteiger charge is 2.21. The molecule has 0 unspecified atom stereocenters. The third-order valence-corrected chi connectivity index (χ3v) is 4.79. The van der Waals surface area contributed by atoms with Gasteiger partial charge in [-0.25, -0.2) is 8.42 Å². The number of ether oxygens (including phenoxy) is 2. The maximum absolute atomic E-state index is 12.5. The quantitative estimate of drug-likeness (QED) is 0.688. The first-order valence-corrected chi connectivity index (χ1v) is 8.94. The zero-order valence-electron chi connectivity index (χ0n) is 13.5. The Balaban J connectivity index is 1.49. The molecule has 1 aromatic carbocycles. The summed E-state index contributed by atoms with van der Waals surface area (Å²) in [6.07, 6.45) is 0. The number of hydrogen-bond donors (Lipinski definition) is 2. The molecular weight excluding hydrogens is 362 g/mol. The molecule has 10 nitrogen and oxygen atoms in total. The number of anilines is 3. The topological polar surface area (TPSA) is 128 Å². The van der Waals surface area contributed by atoms with Crippen molar-refractivity contribution < 1.29 is 22.4 Å². The maximum atomic E-state index is 12.5. The lowest BCUT2D eigenvalue weighted by molar-refractivity contribution is 0.174. The van der Waals surface area contributed by atoms with E-state index in [-0.39, 0.29) is 17.5 Å². The number of rotatable bonds is 5. The molecule has 3 aromatic rings. The lowest BCUT2D eigenvalue weighted by atomic mass is 10.3. The van der Waals surface area contributed by atoms with Gasteiger partial charge in [0, 0.05) is 12.1 Å². The van der Waals surface area contributed by atoms with Gasteiger partial charge < -0.3 is 19.3 Å². The third-order valence-electron chi connectivity index (χ3n) is 3.44. The van der Waals surface area contributed by atoms with E-state index in [1.807, 2.05) is 0 Å². The zero-order valence-corrected chi connectivity index (χ0v) is 14.3. The van der Waals surface area contributed by atoms with Crippen LogP contribution in [0, 0.1) is 6.92 Å². The van der Waals surface area contributed by atoms with Crippen molar-refractivity contribution in [1.29, 1.82) is 0 Å². The van der Waals surface area contributed by atoms with Crippen molar-refractivity contribution in [2.45, 2.75) is 11.8 Å². The van der Waals surface area contributed by atoms with E-state index in [1.54, 1.807) is 19.1 Å². The van der Waals surface area contributed by atoms with Crippen LogP contribution in [-0.4, -0.2) is 30.6 Å². The second kappa shape index (κ2) is 6.19. The lowest BCUT2D eigenvalue weighted by Crippen LogP contribution is -2.14. The molecule has 0 saturated heterocycles. The molecule has 2 N–H and O–H groups in total. The van der Waals surface area contributed by atoms with Crippen molar-refractivity contribution >= 4 is 27.5 Å². The Morgan fingerprint density at radius 1 is 0.962 bits per heavy atom. The van der Waals surface area contributed by atoms with Crippen molar-refractivity contribution in [2.24, 2.45) is 0 Å². The first kappa shape index (κ1) is 16.1. The van der Waals surface area contributed by atoms with E-state index in [0.29, 0.717) is 28.9 Å². The van der Waals surface area contributed by atoms with Crippen LogP contribution in [0.1, 0.15) is 5.76 Å². The fourth-order valence-corrected chi connectivity index (χ4v) is 3.26. The predicted molar refractivity (Wildman–Crippen MR) is 89.9 cm³/mol. The molecule has 0 radical (unpaired) electrons. The first-order chi connectivity index (χ1) is 12.5. The molecule has 0 fully saturated rings. The van der Waals surface area contributed by atoms with Gasteiger partial charge in [0.25, 0.3) is 10.0 Å². The van der Waals surface area contributed by atoms with E-state index in [4.69, 9.17) is 14.0 Å². The molecule has 2 aromatic heterocycles. The Morgan fingerprint density at radius 2 is 1.73 bits per heavy atom. The lowest BCUT2D eigenvalue weighted by Gasteiger charge is -2.08. The number of benzene rings is 1. The number of nitrogens with zero attached hydrogens (tertiary/aromatic N) is 3. The van der Waals surface area contributed by atoms with Gasteiger partial charge in [-0.3, -0.25) is 4.72 Å². The Kier molecular flexibility index (Phi) is 3.84. The van der Waals surface area contributed by atoms with Crippen molar-refractivity contribution in [3.63, 3.8) is 0 Å². The van der Waals surface area contributed by atoms with Gasteiger partial charge in [0.15, 0.2) is 29.0 Å². The Bertz CT molecular complexity index is 1050. The van der Waals surface area contributed by atoms with Gasteiger partial charge >= 0.3 is 0 Å². The fraction of sp³-hybridized carbons (Fsp3) is 0.133. The van der Waals surface area contributed by atoms with E-state index in [0.717, 1.165) is 0 Å². The van der Waals surface area contributed by atoms with Crippen LogP contribution in [-0.2, 0) is 10.0 Å². The minimum Gasteiger partial charge on any atom is -0.454 e. The van der Waals surface area contributed by atoms with Crippen LogP contribution in [0.2, 0.25) is 0 Å². The zero-order chi connectivity index (χ0) is 18.1. The standard InChI is InChI=1S/C15H13N5O5S/c1-9-6-15(19-25-9)16-13-4-5-14(18-17-13)20-26(21,22)10-2-3-11-12(7-10)24-8-23-11/h2-7H,8H2,1H3,(H,18,20)(H,16,17,19). The highest BCUT2D eigenvalue weighted by atomic mass is 32.2. The Morgan fingerprint density at radius 3 is 2.46 bits per heavy atom. The maximum Gasteiger partial charge on any atom is 0.263 e. The smallest absolute Gasteiger partial charge is 0.263 e. The summed E-state index contributed by atoms with van der Waals surface area (Å²) in [6.45, 7) is 1.83. The minimum atomic E-state index is -3.84. The second-order valence-electron chi connectivity index (χ2n) is 5.37. The van der Waals surface area contributed by atoms with Gasteiger partial charge in [-0.05, 0) is 31.2 Å². The molecule has 11 heteroatoms. The van der Waals surface area contributed by atoms with E-state index in [2.05, 4.69) is 25.4 Å². The SMILES string of the molecule is Cc1cc(Nc2ccc(NS(=O)(=O)c3ccc4c(c3)OCO4)nn2)no1. The summed E-state index contributed by atoms with van der Waals surface area (Å²) in [5, 5.41) is 14.4. The van der Waals surface area contributed by atoms with Crippen LogP contribution in [0.25, 0.3) is 0 Å². The highest BCUT2D eigenvalue weighted by Crippen LogP contribution is 2.34. The van der Waals surface area contributed by atoms with Crippen LogP contribution in [0.4, 0.5) is 17.5 Å².